The van der Waals surface area contributed by atoms with Crippen LogP contribution in [0.4, 0.5) is 0 Å². The summed E-state index contributed by atoms with van der Waals surface area (Å²) in [5.74, 6) is 2.98. The summed E-state index contributed by atoms with van der Waals surface area (Å²) >= 11 is 0. The van der Waals surface area contributed by atoms with Crippen LogP contribution >= 0.6 is 0 Å². The third-order valence-electron chi connectivity index (χ3n) is 24.4. The van der Waals surface area contributed by atoms with Gasteiger partial charge in [-0.25, -0.2) is 4.79 Å². The Kier molecular flexibility index (Phi) is 40.0. The monoisotopic (exact) mass is 1450 g/mol. The van der Waals surface area contributed by atoms with Gasteiger partial charge in [-0.3, -0.25) is 9.59 Å². The van der Waals surface area contributed by atoms with Crippen LogP contribution in [-0.4, -0.2) is 50.3 Å². The van der Waals surface area contributed by atoms with Gasteiger partial charge in [0.15, 0.2) is 11.5 Å². The van der Waals surface area contributed by atoms with Gasteiger partial charge in [-0.1, -0.05) is 377 Å². The molecule has 105 heavy (non-hydrogen) atoms. The van der Waals surface area contributed by atoms with Crippen molar-refractivity contribution in [2.45, 2.75) is 426 Å². The molecule has 0 radical (unpaired) electrons. The molecule has 10 nitrogen and oxygen atoms in total. The minimum atomic E-state index is -0.676. The van der Waals surface area contributed by atoms with Gasteiger partial charge in [0.2, 0.25) is 11.7 Å². The topological polar surface area (TPSA) is 121 Å². The van der Waals surface area contributed by atoms with E-state index in [9.17, 15) is 9.59 Å². The van der Waals surface area contributed by atoms with Crippen LogP contribution in [0.5, 0.6) is 28.7 Å². The van der Waals surface area contributed by atoms with E-state index < -0.39 is 11.4 Å². The lowest BCUT2D eigenvalue weighted by Crippen LogP contribution is -2.35. The Bertz CT molecular complexity index is 2890. The molecule has 594 valence electrons. The lowest BCUT2D eigenvalue weighted by Gasteiger charge is -2.39. The molecule has 4 aliphatic rings. The molecule has 10 heteroatoms. The summed E-state index contributed by atoms with van der Waals surface area (Å²) in [7, 11) is 0. The van der Waals surface area contributed by atoms with Crippen LogP contribution in [0.1, 0.15) is 446 Å². The van der Waals surface area contributed by atoms with Crippen LogP contribution in [0.15, 0.2) is 36.4 Å². The normalized spacial score (nSPS) is 17.9. The highest BCUT2D eigenvalue weighted by atomic mass is 16.6. The summed E-state index contributed by atoms with van der Waals surface area (Å²) in [6, 6.07) is 12.5. The Morgan fingerprint density at radius 3 is 1.16 bits per heavy atom. The molecular weight excluding hydrogens is 1300 g/mol. The smallest absolute Gasteiger partial charge is 0.342 e. The van der Waals surface area contributed by atoms with Crippen molar-refractivity contribution in [3.63, 3.8) is 0 Å². The third kappa shape index (κ3) is 29.6. The number of hydrogen-bond acceptors (Lipinski definition) is 8. The first-order valence-corrected chi connectivity index (χ1v) is 44.7. The average molecular weight is 1450 g/mol. The van der Waals surface area contributed by atoms with Crippen molar-refractivity contribution < 1.29 is 38.1 Å². The Morgan fingerprint density at radius 1 is 0.448 bits per heavy atom. The maximum absolute atomic E-state index is 15.4. The van der Waals surface area contributed by atoms with Gasteiger partial charge in [0.05, 0.1) is 25.4 Å². The van der Waals surface area contributed by atoms with Gasteiger partial charge in [0.1, 0.15) is 23.2 Å². The van der Waals surface area contributed by atoms with E-state index >= 15 is 4.79 Å². The highest BCUT2D eigenvalue weighted by Gasteiger charge is 2.59. The van der Waals surface area contributed by atoms with Crippen molar-refractivity contribution >= 4 is 17.8 Å². The fourth-order valence-corrected chi connectivity index (χ4v) is 17.5. The van der Waals surface area contributed by atoms with Gasteiger partial charge >= 0.3 is 5.97 Å². The second kappa shape index (κ2) is 48.0. The first-order valence-electron chi connectivity index (χ1n) is 44.7. The van der Waals surface area contributed by atoms with Gasteiger partial charge in [-0.05, 0) is 95.7 Å². The van der Waals surface area contributed by atoms with Crippen LogP contribution in [0, 0.1) is 23.7 Å². The minimum absolute atomic E-state index is 0.0180. The molecule has 3 fully saturated rings. The fourth-order valence-electron chi connectivity index (χ4n) is 17.5. The molecule has 0 spiro atoms. The highest BCUT2D eigenvalue weighted by molar-refractivity contribution is 5.99. The number of hydrogen-bond donors (Lipinski definition) is 2. The van der Waals surface area contributed by atoms with Crippen LogP contribution in [0.3, 0.4) is 0 Å². The molecule has 0 aromatic heterocycles. The molecule has 3 aromatic carbocycles. The van der Waals surface area contributed by atoms with Crippen molar-refractivity contribution in [2.75, 3.05) is 26.4 Å². The van der Waals surface area contributed by atoms with E-state index in [0.717, 1.165) is 72.8 Å². The molecule has 2 amide bonds. The lowest BCUT2D eigenvalue weighted by molar-refractivity contribution is -0.124. The number of nitrogens with one attached hydrogen (secondary N) is 2. The Hall–Kier alpha value is -4.73. The van der Waals surface area contributed by atoms with Gasteiger partial charge < -0.3 is 34.3 Å². The average Bonchev–Trinajstić information content (AvgIpc) is 1.72. The number of unbranched alkanes of at least 4 members (excludes halogenated alkanes) is 45. The molecule has 2 N–H and O–H groups in total. The van der Waals surface area contributed by atoms with E-state index in [1.165, 1.54) is 270 Å². The molecule has 5 atom stereocenters. The van der Waals surface area contributed by atoms with Crippen LogP contribution in [0.2, 0.25) is 0 Å². The summed E-state index contributed by atoms with van der Waals surface area (Å²) in [4.78, 5) is 43.2. The van der Waals surface area contributed by atoms with Gasteiger partial charge in [-0.2, -0.15) is 0 Å². The predicted octanol–water partition coefficient (Wildman–Crippen LogP) is 27.5. The molecule has 2 heterocycles. The summed E-state index contributed by atoms with van der Waals surface area (Å²) in [6.45, 7) is 27.0. The zero-order valence-corrected chi connectivity index (χ0v) is 69.5. The number of ether oxygens (including phenoxy) is 5. The van der Waals surface area contributed by atoms with Crippen LogP contribution in [0.25, 0.3) is 0 Å². The van der Waals surface area contributed by atoms with Crippen molar-refractivity contribution in [1.29, 1.82) is 0 Å². The van der Waals surface area contributed by atoms with Gasteiger partial charge in [0.25, 0.3) is 5.91 Å². The van der Waals surface area contributed by atoms with Gasteiger partial charge in [0, 0.05) is 41.5 Å². The summed E-state index contributed by atoms with van der Waals surface area (Å²) < 4.78 is 34.4. The van der Waals surface area contributed by atoms with Crippen molar-refractivity contribution in [1.82, 2.24) is 10.6 Å². The molecule has 1 saturated heterocycles. The van der Waals surface area contributed by atoms with E-state index in [0.29, 0.717) is 72.7 Å². The predicted molar refractivity (Wildman–Crippen MR) is 441 cm³/mol. The molecule has 5 unspecified atom stereocenters. The number of esters is 1. The van der Waals surface area contributed by atoms with E-state index in [-0.39, 0.29) is 59.0 Å². The maximum atomic E-state index is 15.4. The first-order chi connectivity index (χ1) is 50.9. The van der Waals surface area contributed by atoms with Gasteiger partial charge in [-0.15, -0.1) is 0 Å². The third-order valence-corrected chi connectivity index (χ3v) is 24.4. The molecule has 7 rings (SSSR count). The van der Waals surface area contributed by atoms with Crippen molar-refractivity contribution in [3.05, 3.63) is 75.3 Å². The second-order valence-corrected chi connectivity index (χ2v) is 35.9. The van der Waals surface area contributed by atoms with E-state index in [2.05, 4.69) is 111 Å². The molecular formula is C95H156N2O8. The summed E-state index contributed by atoms with van der Waals surface area (Å²) in [6.07, 6.45) is 64.6. The Balaban J connectivity index is 1.05. The maximum Gasteiger partial charge on any atom is 0.342 e. The van der Waals surface area contributed by atoms with E-state index in [4.69, 9.17) is 23.7 Å². The number of benzene rings is 3. The minimum Gasteiger partial charge on any atom is -0.490 e. The SMILES string of the molecule is CCCCCCCCCCCCCCCCCCOc1cc(CNC(=O)c2cc(C(C)(C)C)cc3c2Oc2c(C(=O)OC4CC5CC4C4CNC(=O)C54)cc(C(C)(C)C)cc2C3(C)C)cc(OCCCCCCCCCCCCCCCCCC)c1OCCCCCCCCCCCCCCCCCC. The number of carbonyl (C=O) groups excluding carboxylic acids is 3. The quantitative estimate of drug-likeness (QED) is 0.0423. The number of amides is 2. The van der Waals surface area contributed by atoms with Crippen LogP contribution in [-0.2, 0) is 32.3 Å². The van der Waals surface area contributed by atoms with E-state index in [1.807, 2.05) is 12.1 Å². The zero-order valence-electron chi connectivity index (χ0n) is 69.5. The summed E-state index contributed by atoms with van der Waals surface area (Å²) in [5, 5.41) is 6.47. The summed E-state index contributed by atoms with van der Waals surface area (Å²) in [5.41, 5.74) is 4.22. The largest absolute Gasteiger partial charge is 0.490 e. The molecule has 2 saturated carbocycles. The van der Waals surface area contributed by atoms with E-state index in [1.54, 1.807) is 0 Å². The lowest BCUT2D eigenvalue weighted by atomic mass is 9.70. The van der Waals surface area contributed by atoms with Crippen molar-refractivity contribution in [2.24, 2.45) is 23.7 Å². The Labute approximate surface area is 643 Å². The molecule has 2 aliphatic heterocycles. The standard InChI is InChI=1S/C95H156N2O8/c1-12-15-18-21-24-27-30-33-36-39-42-45-48-51-54-57-60-101-84-63-73(64-85(102-61-58-55-52-49-46-43-40-37-34-31-28-25-22-19-16-13-2)89(84)103-62-59-56-53-50-47-44-41-38-35-32-29-26-23-20-17-14-3)71-96-90(98)78-67-75(93(4,5)6)69-81-87(78)105-88-79(68-76(94(7,8)9)70-82(88)95(81,10)11)92(100)104-83-66-74-65-77(83)80-72-97-91(99)86(74)80/h63-64,67-70,74,77,80,83,86H,12-62,65-66,71-72H2,1-11H3,(H,96,98)(H,97,99). The van der Waals surface area contributed by atoms with Crippen molar-refractivity contribution in [3.8, 4) is 28.7 Å². The molecule has 3 aromatic rings. The zero-order chi connectivity index (χ0) is 75.1. The van der Waals surface area contributed by atoms with Crippen LogP contribution < -0.4 is 29.6 Å². The highest BCUT2D eigenvalue weighted by Crippen LogP contribution is 2.57. The molecule has 2 bridgehead atoms. The Morgan fingerprint density at radius 2 is 0.790 bits per heavy atom. The number of carbonyl (C=O) groups is 3. The second-order valence-electron chi connectivity index (χ2n) is 35.9. The number of rotatable bonds is 59. The first kappa shape index (κ1) is 87.5. The number of fused-ring (bicyclic) bond motifs is 7. The fraction of sp³-hybridized carbons (Fsp3) is 0.779. The molecule has 2 aliphatic carbocycles.